The number of fused-ring (bicyclic) bond motifs is 1. The molecule has 11 heteroatoms. The lowest BCUT2D eigenvalue weighted by atomic mass is 10.0. The second-order valence-corrected chi connectivity index (χ2v) is 13.4. The Kier molecular flexibility index (Phi) is 10.5. The van der Waals surface area contributed by atoms with Crippen LogP contribution in [0.5, 0.6) is 11.5 Å². The summed E-state index contributed by atoms with van der Waals surface area (Å²) in [5.41, 5.74) is 1.67. The summed E-state index contributed by atoms with van der Waals surface area (Å²) in [5.74, 6) is -0.104. The summed E-state index contributed by atoms with van der Waals surface area (Å²) in [5, 5.41) is 3.37. The number of sulfonamides is 1. The van der Waals surface area contributed by atoms with Crippen LogP contribution in [0, 0.1) is 0 Å². The van der Waals surface area contributed by atoms with E-state index in [1.807, 2.05) is 44.2 Å². The molecular weight excluding hydrogens is 626 g/mol. The van der Waals surface area contributed by atoms with Gasteiger partial charge in [-0.05, 0) is 55.3 Å². The number of anilines is 1. The summed E-state index contributed by atoms with van der Waals surface area (Å²) in [6.07, 6.45) is 0.199. The number of nitrogens with zero attached hydrogens (tertiary/aromatic N) is 2. The summed E-state index contributed by atoms with van der Waals surface area (Å²) >= 11 is 6.55. The van der Waals surface area contributed by atoms with Crippen LogP contribution in [-0.2, 0) is 32.6 Å². The minimum atomic E-state index is -4.25. The van der Waals surface area contributed by atoms with E-state index in [0.29, 0.717) is 35.3 Å². The Labute approximate surface area is 274 Å². The smallest absolute Gasteiger partial charge is 0.264 e. The van der Waals surface area contributed by atoms with Crippen LogP contribution in [0.1, 0.15) is 25.0 Å². The molecule has 0 radical (unpaired) electrons. The van der Waals surface area contributed by atoms with Crippen LogP contribution in [0.2, 0.25) is 5.02 Å². The highest BCUT2D eigenvalue weighted by Gasteiger charge is 2.35. The van der Waals surface area contributed by atoms with Crippen LogP contribution in [0.4, 0.5) is 5.69 Å². The summed E-state index contributed by atoms with van der Waals surface area (Å²) < 4.78 is 40.8. The number of carbonyl (C=O) groups is 2. The molecule has 1 atom stereocenters. The Balaban J connectivity index is 1.59. The molecule has 1 aliphatic rings. The van der Waals surface area contributed by atoms with E-state index in [2.05, 4.69) is 5.32 Å². The van der Waals surface area contributed by atoms with E-state index in [0.717, 1.165) is 9.87 Å². The van der Waals surface area contributed by atoms with Crippen molar-refractivity contribution in [2.75, 3.05) is 24.1 Å². The fraction of sp³-hybridized carbons (Fsp3) is 0.257. The number of hydrogen-bond acceptors (Lipinski definition) is 6. The number of rotatable bonds is 12. The predicted molar refractivity (Wildman–Crippen MR) is 178 cm³/mol. The second-order valence-electron chi connectivity index (χ2n) is 11.1. The van der Waals surface area contributed by atoms with Gasteiger partial charge >= 0.3 is 0 Å². The average Bonchev–Trinajstić information content (AvgIpc) is 3.06. The average molecular weight is 662 g/mol. The maximum atomic E-state index is 14.6. The number of carbonyl (C=O) groups excluding carboxylic acids is 2. The molecule has 0 fully saturated rings. The van der Waals surface area contributed by atoms with Gasteiger partial charge in [0.05, 0.1) is 10.6 Å². The summed E-state index contributed by atoms with van der Waals surface area (Å²) in [4.78, 5) is 29.8. The number of halogens is 1. The van der Waals surface area contributed by atoms with Gasteiger partial charge in [0, 0.05) is 30.1 Å². The minimum absolute atomic E-state index is 0.00808. The maximum Gasteiger partial charge on any atom is 0.264 e. The monoisotopic (exact) mass is 661 g/mol. The van der Waals surface area contributed by atoms with Gasteiger partial charge in [0.15, 0.2) is 11.5 Å². The van der Waals surface area contributed by atoms with Crippen molar-refractivity contribution in [2.24, 2.45) is 0 Å². The molecule has 0 bridgehead atoms. The van der Waals surface area contributed by atoms with Gasteiger partial charge in [-0.15, -0.1) is 0 Å². The van der Waals surface area contributed by atoms with Crippen molar-refractivity contribution >= 4 is 39.1 Å². The van der Waals surface area contributed by atoms with E-state index in [1.165, 1.54) is 17.0 Å². The molecule has 0 spiro atoms. The zero-order valence-electron chi connectivity index (χ0n) is 25.6. The van der Waals surface area contributed by atoms with Crippen LogP contribution >= 0.6 is 11.6 Å². The number of ether oxygens (including phenoxy) is 2. The van der Waals surface area contributed by atoms with E-state index in [-0.39, 0.29) is 35.5 Å². The number of hydrogen-bond donors (Lipinski definition) is 1. The van der Waals surface area contributed by atoms with Gasteiger partial charge < -0.3 is 19.7 Å². The minimum Gasteiger partial charge on any atom is -0.486 e. The number of nitrogens with one attached hydrogen (secondary N) is 1. The molecule has 0 saturated carbocycles. The van der Waals surface area contributed by atoms with Gasteiger partial charge in [0.2, 0.25) is 11.8 Å². The molecule has 46 heavy (non-hydrogen) atoms. The first-order valence-electron chi connectivity index (χ1n) is 15.0. The fourth-order valence-corrected chi connectivity index (χ4v) is 6.80. The van der Waals surface area contributed by atoms with Crippen LogP contribution < -0.4 is 19.1 Å². The highest BCUT2D eigenvalue weighted by atomic mass is 35.5. The lowest BCUT2D eigenvalue weighted by Gasteiger charge is -2.34. The molecule has 240 valence electrons. The molecule has 2 amide bonds. The molecular formula is C35H36ClN3O6S. The Bertz CT molecular complexity index is 1770. The molecule has 4 aromatic carbocycles. The first-order chi connectivity index (χ1) is 22.1. The molecule has 0 saturated heterocycles. The van der Waals surface area contributed by atoms with Crippen LogP contribution in [0.3, 0.4) is 0 Å². The maximum absolute atomic E-state index is 14.6. The molecule has 0 unspecified atom stereocenters. The Hall–Kier alpha value is -4.54. The molecule has 0 aliphatic carbocycles. The fourth-order valence-electron chi connectivity index (χ4n) is 5.18. The Morgan fingerprint density at radius 3 is 2.15 bits per heavy atom. The third kappa shape index (κ3) is 7.81. The van der Waals surface area contributed by atoms with Crippen molar-refractivity contribution < 1.29 is 27.5 Å². The van der Waals surface area contributed by atoms with Crippen LogP contribution in [-0.4, -0.2) is 57.0 Å². The number of amides is 2. The zero-order valence-corrected chi connectivity index (χ0v) is 27.2. The van der Waals surface area contributed by atoms with Crippen LogP contribution in [0.15, 0.2) is 108 Å². The molecule has 4 aromatic rings. The molecule has 5 rings (SSSR count). The Morgan fingerprint density at radius 1 is 0.848 bits per heavy atom. The van der Waals surface area contributed by atoms with Crippen molar-refractivity contribution in [2.45, 2.75) is 43.8 Å². The highest BCUT2D eigenvalue weighted by molar-refractivity contribution is 7.92. The van der Waals surface area contributed by atoms with Gasteiger partial charge in [0.1, 0.15) is 25.8 Å². The molecule has 1 N–H and O–H groups in total. The van der Waals surface area contributed by atoms with E-state index < -0.39 is 28.5 Å². The molecule has 1 aliphatic heterocycles. The summed E-state index contributed by atoms with van der Waals surface area (Å²) in [6.45, 7) is 3.73. The lowest BCUT2D eigenvalue weighted by Crippen LogP contribution is -2.54. The topological polar surface area (TPSA) is 105 Å². The van der Waals surface area contributed by atoms with Gasteiger partial charge in [0.25, 0.3) is 10.0 Å². The zero-order chi connectivity index (χ0) is 32.7. The van der Waals surface area contributed by atoms with Gasteiger partial charge in [-0.1, -0.05) is 78.3 Å². The van der Waals surface area contributed by atoms with Gasteiger partial charge in [-0.2, -0.15) is 0 Å². The summed E-state index contributed by atoms with van der Waals surface area (Å²) in [6, 6.07) is 27.9. The number of benzene rings is 4. The lowest BCUT2D eigenvalue weighted by molar-refractivity contribution is -0.140. The van der Waals surface area contributed by atoms with E-state index in [9.17, 15) is 18.0 Å². The Morgan fingerprint density at radius 2 is 1.48 bits per heavy atom. The van der Waals surface area contributed by atoms with Crippen molar-refractivity contribution in [3.8, 4) is 11.5 Å². The van der Waals surface area contributed by atoms with Crippen molar-refractivity contribution in [1.82, 2.24) is 10.2 Å². The van der Waals surface area contributed by atoms with E-state index in [1.54, 1.807) is 60.7 Å². The molecule has 9 nitrogen and oxygen atoms in total. The SMILES string of the molecule is CC(C)NC(=O)[C@H](Cc1ccccc1)N(Cc1ccccc1Cl)C(=O)CN(c1ccc2c(c1)OCCO2)S(=O)(=O)c1ccccc1. The van der Waals surface area contributed by atoms with Crippen molar-refractivity contribution in [3.05, 3.63) is 119 Å². The van der Waals surface area contributed by atoms with Gasteiger partial charge in [-0.25, -0.2) is 8.42 Å². The molecule has 1 heterocycles. The standard InChI is InChI=1S/C35H36ClN3O6S/c1-25(2)37-35(41)31(21-26-11-5-3-6-12-26)38(23-27-13-9-10-16-30(27)36)34(40)24-39(46(42,43)29-14-7-4-8-15-29)28-17-18-32-33(22-28)45-20-19-44-32/h3-18,22,25,31H,19-21,23-24H2,1-2H3,(H,37,41)/t31-/m0/s1. The van der Waals surface area contributed by atoms with Crippen molar-refractivity contribution in [1.29, 1.82) is 0 Å². The van der Waals surface area contributed by atoms with E-state index in [4.69, 9.17) is 21.1 Å². The third-order valence-corrected chi connectivity index (χ3v) is 9.58. The highest BCUT2D eigenvalue weighted by Crippen LogP contribution is 2.36. The predicted octanol–water partition coefficient (Wildman–Crippen LogP) is 5.47. The first-order valence-corrected chi connectivity index (χ1v) is 16.8. The quantitative estimate of drug-likeness (QED) is 0.216. The van der Waals surface area contributed by atoms with Gasteiger partial charge in [-0.3, -0.25) is 13.9 Å². The largest absolute Gasteiger partial charge is 0.486 e. The second kappa shape index (κ2) is 14.7. The first kappa shape index (κ1) is 32.8. The molecule has 0 aromatic heterocycles. The van der Waals surface area contributed by atoms with Crippen molar-refractivity contribution in [3.63, 3.8) is 0 Å². The summed E-state index contributed by atoms with van der Waals surface area (Å²) in [7, 11) is -4.25. The van der Waals surface area contributed by atoms with Crippen LogP contribution in [0.25, 0.3) is 0 Å². The third-order valence-electron chi connectivity index (χ3n) is 7.42. The van der Waals surface area contributed by atoms with E-state index >= 15 is 0 Å². The normalized spacial score (nSPS) is 13.1.